The van der Waals surface area contributed by atoms with Crippen molar-refractivity contribution in [2.45, 2.75) is 18.6 Å². The van der Waals surface area contributed by atoms with E-state index in [1.165, 1.54) is 27.8 Å². The molecule has 7 rings (SSSR count). The molecule has 0 bridgehead atoms. The quantitative estimate of drug-likeness (QED) is 0.148. The first-order valence-corrected chi connectivity index (χ1v) is 15.8. The molecule has 0 N–H and O–H groups in total. The van der Waals surface area contributed by atoms with Gasteiger partial charge in [-0.1, -0.05) is 36.4 Å². The lowest BCUT2D eigenvalue weighted by Crippen LogP contribution is -2.05. The zero-order valence-electron chi connectivity index (χ0n) is 20.6. The Morgan fingerprint density at radius 1 is 0.641 bits per heavy atom. The standard InChI is InChI=1S/C31H22Br4O4/c32-25-8-17(9-26(33)30(25)38-14-19-12-36-19)22-5-6-23-21-4-2-1-3-16(21)7-24(23)29(22)18-10-27(34)31(28(35)11-18)39-15-20-13-37-20/h1-6,8-11,19-20H,7,12-15H2. The van der Waals surface area contributed by atoms with Crippen LogP contribution in [0.4, 0.5) is 0 Å². The minimum atomic E-state index is 0.187. The van der Waals surface area contributed by atoms with E-state index in [2.05, 4.69) is 124 Å². The molecule has 2 aliphatic heterocycles. The highest BCUT2D eigenvalue weighted by Crippen LogP contribution is 2.49. The highest BCUT2D eigenvalue weighted by atomic mass is 79.9. The fourth-order valence-electron chi connectivity index (χ4n) is 5.16. The molecule has 0 saturated carbocycles. The number of halogens is 4. The Kier molecular flexibility index (Phi) is 7.14. The van der Waals surface area contributed by atoms with Gasteiger partial charge in [-0.2, -0.15) is 0 Å². The van der Waals surface area contributed by atoms with E-state index in [0.717, 1.165) is 65.7 Å². The Bertz CT molecular complexity index is 1560. The molecule has 4 aromatic carbocycles. The van der Waals surface area contributed by atoms with Gasteiger partial charge in [0.2, 0.25) is 0 Å². The summed E-state index contributed by atoms with van der Waals surface area (Å²) in [7, 11) is 0. The molecule has 3 aliphatic rings. The van der Waals surface area contributed by atoms with Gasteiger partial charge in [-0.3, -0.25) is 0 Å². The first-order chi connectivity index (χ1) is 19.0. The highest BCUT2D eigenvalue weighted by Gasteiger charge is 2.28. The van der Waals surface area contributed by atoms with Crippen LogP contribution in [-0.4, -0.2) is 38.6 Å². The molecule has 198 valence electrons. The molecule has 1 aliphatic carbocycles. The van der Waals surface area contributed by atoms with E-state index >= 15 is 0 Å². The van der Waals surface area contributed by atoms with Crippen molar-refractivity contribution in [1.29, 1.82) is 0 Å². The van der Waals surface area contributed by atoms with E-state index in [9.17, 15) is 0 Å². The molecule has 4 nitrogen and oxygen atoms in total. The fourth-order valence-corrected chi connectivity index (χ4v) is 7.99. The fraction of sp³-hybridized carbons (Fsp3) is 0.226. The Morgan fingerprint density at radius 2 is 1.15 bits per heavy atom. The molecule has 39 heavy (non-hydrogen) atoms. The van der Waals surface area contributed by atoms with Gasteiger partial charge in [0, 0.05) is 0 Å². The number of rotatable bonds is 8. The van der Waals surface area contributed by atoms with Crippen molar-refractivity contribution in [1.82, 2.24) is 0 Å². The van der Waals surface area contributed by atoms with Crippen LogP contribution in [0, 0.1) is 0 Å². The maximum Gasteiger partial charge on any atom is 0.147 e. The molecule has 0 spiro atoms. The van der Waals surface area contributed by atoms with Crippen molar-refractivity contribution in [3.63, 3.8) is 0 Å². The molecule has 2 fully saturated rings. The van der Waals surface area contributed by atoms with Crippen LogP contribution in [-0.2, 0) is 15.9 Å². The summed E-state index contributed by atoms with van der Waals surface area (Å²) in [5, 5.41) is 0. The lowest BCUT2D eigenvalue weighted by atomic mass is 9.88. The zero-order valence-corrected chi connectivity index (χ0v) is 27.0. The number of epoxide rings is 2. The van der Waals surface area contributed by atoms with E-state index in [4.69, 9.17) is 18.9 Å². The van der Waals surface area contributed by atoms with Gasteiger partial charge in [0.15, 0.2) is 0 Å². The average molecular weight is 778 g/mol. The Labute approximate surface area is 260 Å². The van der Waals surface area contributed by atoms with E-state index in [0.29, 0.717) is 13.2 Å². The largest absolute Gasteiger partial charge is 0.488 e. The van der Waals surface area contributed by atoms with Crippen LogP contribution in [0.3, 0.4) is 0 Å². The predicted octanol–water partition coefficient (Wildman–Crippen LogP) is 9.20. The average Bonchev–Trinajstić information content (AvgIpc) is 3.85. The van der Waals surface area contributed by atoms with Gasteiger partial charge in [0.1, 0.15) is 36.9 Å². The zero-order chi connectivity index (χ0) is 26.7. The summed E-state index contributed by atoms with van der Waals surface area (Å²) >= 11 is 15.1. The molecule has 2 heterocycles. The van der Waals surface area contributed by atoms with Gasteiger partial charge >= 0.3 is 0 Å². The smallest absolute Gasteiger partial charge is 0.147 e. The van der Waals surface area contributed by atoms with Gasteiger partial charge < -0.3 is 18.9 Å². The Morgan fingerprint density at radius 3 is 1.72 bits per heavy atom. The first-order valence-electron chi connectivity index (χ1n) is 12.7. The summed E-state index contributed by atoms with van der Waals surface area (Å²) in [6.07, 6.45) is 1.26. The van der Waals surface area contributed by atoms with E-state index < -0.39 is 0 Å². The van der Waals surface area contributed by atoms with Crippen LogP contribution in [0.1, 0.15) is 11.1 Å². The van der Waals surface area contributed by atoms with Crippen LogP contribution in [0.5, 0.6) is 11.5 Å². The van der Waals surface area contributed by atoms with Gasteiger partial charge in [-0.25, -0.2) is 0 Å². The summed E-state index contributed by atoms with van der Waals surface area (Å²) in [6.45, 7) is 2.61. The lowest BCUT2D eigenvalue weighted by Gasteiger charge is -2.19. The number of benzene rings is 4. The Balaban J connectivity index is 1.36. The van der Waals surface area contributed by atoms with Gasteiger partial charge in [-0.15, -0.1) is 0 Å². The number of hydrogen-bond acceptors (Lipinski definition) is 4. The minimum Gasteiger partial charge on any atom is -0.488 e. The van der Waals surface area contributed by atoms with Crippen LogP contribution >= 0.6 is 63.7 Å². The third kappa shape index (κ3) is 5.24. The number of hydrogen-bond donors (Lipinski definition) is 0. The monoisotopic (exact) mass is 774 g/mol. The molecule has 2 unspecified atom stereocenters. The van der Waals surface area contributed by atoms with Crippen LogP contribution in [0.15, 0.2) is 78.6 Å². The lowest BCUT2D eigenvalue weighted by molar-refractivity contribution is 0.260. The van der Waals surface area contributed by atoms with Gasteiger partial charge in [0.25, 0.3) is 0 Å². The predicted molar refractivity (Wildman–Crippen MR) is 167 cm³/mol. The maximum absolute atomic E-state index is 6.08. The molecule has 0 aromatic heterocycles. The van der Waals surface area contributed by atoms with Crippen molar-refractivity contribution in [3.8, 4) is 44.9 Å². The summed E-state index contributed by atoms with van der Waals surface area (Å²) in [6, 6.07) is 21.8. The SMILES string of the molecule is Brc1cc(-c2ccc3c(c2-c2cc(Br)c(OCC4CO4)c(Br)c2)Cc2ccccc2-3)cc(Br)c1OCC1CO1. The van der Waals surface area contributed by atoms with Crippen molar-refractivity contribution >= 4 is 63.7 Å². The normalized spacial score (nSPS) is 18.5. The van der Waals surface area contributed by atoms with E-state index in [1.54, 1.807) is 0 Å². The molecule has 2 atom stereocenters. The summed E-state index contributed by atoms with van der Waals surface area (Å²) < 4.78 is 26.4. The summed E-state index contributed by atoms with van der Waals surface area (Å²) in [5.74, 6) is 1.58. The third-order valence-corrected chi connectivity index (χ3v) is 9.57. The molecule has 4 aromatic rings. The highest BCUT2D eigenvalue weighted by molar-refractivity contribution is 9.11. The molecule has 0 amide bonds. The maximum atomic E-state index is 6.08. The molecular formula is C31H22Br4O4. The van der Waals surface area contributed by atoms with Crippen LogP contribution in [0.25, 0.3) is 33.4 Å². The van der Waals surface area contributed by atoms with Crippen LogP contribution in [0.2, 0.25) is 0 Å². The van der Waals surface area contributed by atoms with Crippen molar-refractivity contribution in [3.05, 3.63) is 89.7 Å². The summed E-state index contributed by atoms with van der Waals surface area (Å²) in [4.78, 5) is 0. The van der Waals surface area contributed by atoms with Crippen molar-refractivity contribution in [2.24, 2.45) is 0 Å². The number of fused-ring (bicyclic) bond motifs is 3. The van der Waals surface area contributed by atoms with E-state index in [-0.39, 0.29) is 12.2 Å². The third-order valence-electron chi connectivity index (χ3n) is 7.22. The molecule has 0 radical (unpaired) electrons. The van der Waals surface area contributed by atoms with Crippen LogP contribution < -0.4 is 9.47 Å². The van der Waals surface area contributed by atoms with E-state index in [1.807, 2.05) is 0 Å². The first kappa shape index (κ1) is 26.2. The topological polar surface area (TPSA) is 43.5 Å². The molecule has 2 saturated heterocycles. The minimum absolute atomic E-state index is 0.187. The second-order valence-electron chi connectivity index (χ2n) is 9.92. The Hall–Kier alpha value is -1.68. The van der Waals surface area contributed by atoms with Crippen molar-refractivity contribution in [2.75, 3.05) is 26.4 Å². The molecular weight excluding hydrogens is 756 g/mol. The second kappa shape index (κ2) is 10.6. The van der Waals surface area contributed by atoms with Gasteiger partial charge in [-0.05, 0) is 139 Å². The van der Waals surface area contributed by atoms with Gasteiger partial charge in [0.05, 0.1) is 31.1 Å². The number of ether oxygens (including phenoxy) is 4. The van der Waals surface area contributed by atoms with Crippen molar-refractivity contribution < 1.29 is 18.9 Å². The summed E-state index contributed by atoms with van der Waals surface area (Å²) in [5.41, 5.74) is 9.83. The molecule has 8 heteroatoms. The second-order valence-corrected chi connectivity index (χ2v) is 13.3.